The predicted octanol–water partition coefficient (Wildman–Crippen LogP) is 5.17. The molecule has 1 aliphatic carbocycles. The normalized spacial score (nSPS) is 14.6. The highest BCUT2D eigenvalue weighted by atomic mass is 35.5. The molecule has 1 aromatic carbocycles. The van der Waals surface area contributed by atoms with E-state index in [0.29, 0.717) is 34.1 Å². The molecule has 1 unspecified atom stereocenters. The molecular weight excluding hydrogens is 430 g/mol. The summed E-state index contributed by atoms with van der Waals surface area (Å²) in [5.41, 5.74) is 1.66. The summed E-state index contributed by atoms with van der Waals surface area (Å²) in [7, 11) is 0. The van der Waals surface area contributed by atoms with Crippen LogP contribution in [0.5, 0.6) is 0 Å². The molecular formula is C23H22ClN5O3. The van der Waals surface area contributed by atoms with Gasteiger partial charge in [0.25, 0.3) is 5.91 Å². The van der Waals surface area contributed by atoms with E-state index in [2.05, 4.69) is 20.6 Å². The topological polar surface area (TPSA) is 99.0 Å². The van der Waals surface area contributed by atoms with Crippen molar-refractivity contribution in [2.45, 2.75) is 38.6 Å². The third-order valence-corrected chi connectivity index (χ3v) is 5.66. The fraction of sp³-hybridized carbons (Fsp3) is 0.304. The maximum absolute atomic E-state index is 13.2. The number of rotatable bonds is 7. The van der Waals surface area contributed by atoms with Crippen molar-refractivity contribution in [2.24, 2.45) is 5.92 Å². The fourth-order valence-corrected chi connectivity index (χ4v) is 3.61. The minimum Gasteiger partial charge on any atom is -0.463 e. The van der Waals surface area contributed by atoms with Gasteiger partial charge in [-0.3, -0.25) is 4.79 Å². The maximum Gasteiger partial charge on any atom is 0.272 e. The van der Waals surface area contributed by atoms with Gasteiger partial charge < -0.3 is 14.3 Å². The minimum absolute atomic E-state index is 0.0503. The zero-order chi connectivity index (χ0) is 22.2. The first-order valence-corrected chi connectivity index (χ1v) is 10.9. The molecule has 3 aromatic heterocycles. The second-order valence-corrected chi connectivity index (χ2v) is 8.68. The van der Waals surface area contributed by atoms with Gasteiger partial charge in [0, 0.05) is 17.0 Å². The Morgan fingerprint density at radius 1 is 1.22 bits per heavy atom. The lowest BCUT2D eigenvalue weighted by Crippen LogP contribution is -2.32. The van der Waals surface area contributed by atoms with Gasteiger partial charge in [-0.15, -0.1) is 0 Å². The SMILES string of the molecule is CC(C)C(NC(=O)c1cc(-c2ccco2)n(-c2ccc(Cl)cc2)n1)c1nc(C2CC2)no1. The summed E-state index contributed by atoms with van der Waals surface area (Å²) in [6.07, 6.45) is 3.74. The lowest BCUT2D eigenvalue weighted by atomic mass is 10.0. The van der Waals surface area contributed by atoms with Gasteiger partial charge in [0.1, 0.15) is 11.7 Å². The van der Waals surface area contributed by atoms with Crippen molar-refractivity contribution < 1.29 is 13.7 Å². The summed E-state index contributed by atoms with van der Waals surface area (Å²) in [5.74, 6) is 1.82. The molecule has 0 bridgehead atoms. The number of nitrogens with one attached hydrogen (secondary N) is 1. The van der Waals surface area contributed by atoms with Gasteiger partial charge in [0.05, 0.1) is 12.0 Å². The number of hydrogen-bond donors (Lipinski definition) is 1. The number of hydrogen-bond acceptors (Lipinski definition) is 6. The average molecular weight is 452 g/mol. The predicted molar refractivity (Wildman–Crippen MR) is 118 cm³/mol. The Balaban J connectivity index is 1.45. The molecule has 1 aliphatic rings. The molecule has 3 heterocycles. The third-order valence-electron chi connectivity index (χ3n) is 5.41. The molecule has 0 spiro atoms. The van der Waals surface area contributed by atoms with Crippen LogP contribution in [-0.2, 0) is 0 Å². The lowest BCUT2D eigenvalue weighted by Gasteiger charge is -2.17. The third kappa shape index (κ3) is 4.05. The molecule has 1 N–H and O–H groups in total. The standard InChI is InChI=1S/C23H22ClN5O3/c1-13(2)20(23-26-21(28-32-23)14-5-6-14)25-22(30)17-12-18(19-4-3-11-31-19)29(27-17)16-9-7-15(24)8-10-16/h3-4,7-14,20H,5-6H2,1-2H3,(H,25,30). The van der Waals surface area contributed by atoms with Crippen molar-refractivity contribution in [3.8, 4) is 17.1 Å². The Bertz CT molecular complexity index is 1220. The van der Waals surface area contributed by atoms with E-state index in [4.69, 9.17) is 20.5 Å². The van der Waals surface area contributed by atoms with Crippen molar-refractivity contribution >= 4 is 17.5 Å². The average Bonchev–Trinajstić information content (AvgIpc) is 3.19. The smallest absolute Gasteiger partial charge is 0.272 e. The summed E-state index contributed by atoms with van der Waals surface area (Å²) < 4.78 is 12.7. The number of carbonyl (C=O) groups is 1. The second kappa shape index (κ2) is 8.27. The zero-order valence-corrected chi connectivity index (χ0v) is 18.4. The number of aromatic nitrogens is 4. The van der Waals surface area contributed by atoms with Gasteiger partial charge in [-0.2, -0.15) is 10.1 Å². The van der Waals surface area contributed by atoms with Crippen LogP contribution < -0.4 is 5.32 Å². The van der Waals surface area contributed by atoms with Gasteiger partial charge in [-0.05, 0) is 55.2 Å². The van der Waals surface area contributed by atoms with E-state index in [0.717, 1.165) is 18.5 Å². The Kier molecular flexibility index (Phi) is 5.30. The van der Waals surface area contributed by atoms with Crippen molar-refractivity contribution in [1.82, 2.24) is 25.2 Å². The highest BCUT2D eigenvalue weighted by Gasteiger charge is 2.32. The molecule has 9 heteroatoms. The van der Waals surface area contributed by atoms with Crippen LogP contribution in [0, 0.1) is 5.92 Å². The van der Waals surface area contributed by atoms with Crippen LogP contribution in [0.25, 0.3) is 17.1 Å². The molecule has 8 nitrogen and oxygen atoms in total. The van der Waals surface area contributed by atoms with Crippen molar-refractivity contribution in [2.75, 3.05) is 0 Å². The number of halogens is 1. The molecule has 4 aromatic rings. The number of nitrogens with zero attached hydrogens (tertiary/aromatic N) is 4. The van der Waals surface area contributed by atoms with E-state index < -0.39 is 6.04 Å². The van der Waals surface area contributed by atoms with Crippen LogP contribution >= 0.6 is 11.6 Å². The second-order valence-electron chi connectivity index (χ2n) is 8.24. The first kappa shape index (κ1) is 20.5. The molecule has 0 radical (unpaired) electrons. The van der Waals surface area contributed by atoms with E-state index >= 15 is 0 Å². The van der Waals surface area contributed by atoms with Crippen LogP contribution in [0.1, 0.15) is 60.9 Å². The van der Waals surface area contributed by atoms with Crippen molar-refractivity contribution in [3.05, 3.63) is 71.2 Å². The first-order valence-electron chi connectivity index (χ1n) is 10.5. The van der Waals surface area contributed by atoms with Gasteiger partial charge in [-0.25, -0.2) is 4.68 Å². The summed E-state index contributed by atoms with van der Waals surface area (Å²) >= 11 is 6.03. The Morgan fingerprint density at radius 2 is 2.00 bits per heavy atom. The fourth-order valence-electron chi connectivity index (χ4n) is 3.48. The summed E-state index contributed by atoms with van der Waals surface area (Å²) in [4.78, 5) is 17.7. The van der Waals surface area contributed by atoms with Gasteiger partial charge >= 0.3 is 0 Å². The molecule has 5 rings (SSSR count). The van der Waals surface area contributed by atoms with Gasteiger partial charge in [0.2, 0.25) is 5.89 Å². The summed E-state index contributed by atoms with van der Waals surface area (Å²) in [6.45, 7) is 3.99. The van der Waals surface area contributed by atoms with Crippen LogP contribution in [0.3, 0.4) is 0 Å². The Hall–Kier alpha value is -3.39. The summed E-state index contributed by atoms with van der Waals surface area (Å²) in [6, 6.07) is 12.1. The molecule has 1 atom stereocenters. The number of amides is 1. The van der Waals surface area contributed by atoms with Crippen LogP contribution in [-0.4, -0.2) is 25.8 Å². The minimum atomic E-state index is -0.421. The zero-order valence-electron chi connectivity index (χ0n) is 17.7. The van der Waals surface area contributed by atoms with E-state index in [1.54, 1.807) is 35.2 Å². The molecule has 0 saturated heterocycles. The van der Waals surface area contributed by atoms with E-state index in [1.165, 1.54) is 0 Å². The Labute approximate surface area is 189 Å². The molecule has 1 amide bonds. The molecule has 1 fully saturated rings. The van der Waals surface area contributed by atoms with Gasteiger partial charge in [-0.1, -0.05) is 30.6 Å². The van der Waals surface area contributed by atoms with E-state index in [1.807, 2.05) is 32.0 Å². The monoisotopic (exact) mass is 451 g/mol. The lowest BCUT2D eigenvalue weighted by molar-refractivity contribution is 0.0908. The van der Waals surface area contributed by atoms with Crippen LogP contribution in [0.2, 0.25) is 5.02 Å². The highest BCUT2D eigenvalue weighted by molar-refractivity contribution is 6.30. The van der Waals surface area contributed by atoms with Crippen LogP contribution in [0.4, 0.5) is 0 Å². The van der Waals surface area contributed by atoms with E-state index in [-0.39, 0.29) is 17.5 Å². The van der Waals surface area contributed by atoms with Crippen molar-refractivity contribution in [1.29, 1.82) is 0 Å². The van der Waals surface area contributed by atoms with Crippen LogP contribution in [0.15, 0.2) is 57.7 Å². The Morgan fingerprint density at radius 3 is 2.66 bits per heavy atom. The largest absolute Gasteiger partial charge is 0.463 e. The maximum atomic E-state index is 13.2. The van der Waals surface area contributed by atoms with Crippen molar-refractivity contribution in [3.63, 3.8) is 0 Å². The number of benzene rings is 1. The van der Waals surface area contributed by atoms with Gasteiger partial charge in [0.15, 0.2) is 17.3 Å². The quantitative estimate of drug-likeness (QED) is 0.416. The highest BCUT2D eigenvalue weighted by Crippen LogP contribution is 2.38. The first-order chi connectivity index (χ1) is 15.5. The molecule has 0 aliphatic heterocycles. The molecule has 1 saturated carbocycles. The number of furan rings is 1. The molecule has 32 heavy (non-hydrogen) atoms. The summed E-state index contributed by atoms with van der Waals surface area (Å²) in [5, 5.41) is 12.2. The number of carbonyl (C=O) groups excluding carboxylic acids is 1. The van der Waals surface area contributed by atoms with E-state index in [9.17, 15) is 4.79 Å². The molecule has 164 valence electrons.